The Morgan fingerprint density at radius 2 is 2.00 bits per heavy atom. The lowest BCUT2D eigenvalue weighted by molar-refractivity contribution is -0.137. The van der Waals surface area contributed by atoms with Crippen LogP contribution >= 0.6 is 12.6 Å². The van der Waals surface area contributed by atoms with Crippen molar-refractivity contribution < 1.29 is 23.1 Å². The summed E-state index contributed by atoms with van der Waals surface area (Å²) in [5.41, 5.74) is -2.79. The third-order valence-corrected chi connectivity index (χ3v) is 6.61. The van der Waals surface area contributed by atoms with Gasteiger partial charge in [0.15, 0.2) is 5.50 Å². The van der Waals surface area contributed by atoms with Crippen LogP contribution in [0.4, 0.5) is 24.5 Å². The van der Waals surface area contributed by atoms with E-state index in [1.165, 1.54) is 18.2 Å². The molecule has 1 saturated heterocycles. The highest BCUT2D eigenvalue weighted by atomic mass is 32.1. The quantitative estimate of drug-likeness (QED) is 0.661. The number of halogens is 3. The number of benzene rings is 2. The van der Waals surface area contributed by atoms with Crippen LogP contribution in [0.1, 0.15) is 42.9 Å². The van der Waals surface area contributed by atoms with Crippen LogP contribution in [-0.4, -0.2) is 22.1 Å². The Hall–Kier alpha value is -2.86. The molecule has 1 atom stereocenters. The fourth-order valence-corrected chi connectivity index (χ4v) is 5.07. The first-order chi connectivity index (χ1) is 14.7. The predicted octanol–water partition coefficient (Wildman–Crippen LogP) is 4.83. The summed E-state index contributed by atoms with van der Waals surface area (Å²) in [5.74, 6) is -0.349. The maximum Gasteiger partial charge on any atom is 0.419 e. The maximum absolute atomic E-state index is 13.9. The SMILES string of the molecule is CCc1cc(N2C(S)N(c3cccc(C#N)c3C(F)(F)F)C(=O)C23CCC3)ccc1O. The van der Waals surface area contributed by atoms with Crippen molar-refractivity contribution in [1.82, 2.24) is 0 Å². The summed E-state index contributed by atoms with van der Waals surface area (Å²) >= 11 is 4.58. The number of hydrogen-bond acceptors (Lipinski definition) is 5. The van der Waals surface area contributed by atoms with Crippen molar-refractivity contribution in [2.75, 3.05) is 9.80 Å². The summed E-state index contributed by atoms with van der Waals surface area (Å²) in [5, 5.41) is 19.3. The number of nitrogens with zero attached hydrogens (tertiary/aromatic N) is 3. The monoisotopic (exact) mass is 447 g/mol. The number of rotatable bonds is 3. The van der Waals surface area contributed by atoms with Gasteiger partial charge in [-0.05, 0) is 61.6 Å². The van der Waals surface area contributed by atoms with Gasteiger partial charge in [0.25, 0.3) is 5.91 Å². The molecule has 1 saturated carbocycles. The fourth-order valence-electron chi connectivity index (χ4n) is 4.49. The van der Waals surface area contributed by atoms with Gasteiger partial charge in [0.2, 0.25) is 0 Å². The lowest BCUT2D eigenvalue weighted by atomic mass is 9.75. The molecular formula is C22H20F3N3O2S. The molecule has 4 rings (SSSR count). The lowest BCUT2D eigenvalue weighted by Crippen LogP contribution is -2.55. The molecule has 31 heavy (non-hydrogen) atoms. The van der Waals surface area contributed by atoms with E-state index in [0.717, 1.165) is 17.4 Å². The molecule has 1 aliphatic carbocycles. The molecule has 5 nitrogen and oxygen atoms in total. The van der Waals surface area contributed by atoms with E-state index in [1.54, 1.807) is 23.1 Å². The third-order valence-electron chi connectivity index (χ3n) is 6.15. The van der Waals surface area contributed by atoms with E-state index in [-0.39, 0.29) is 11.4 Å². The van der Waals surface area contributed by atoms with Crippen molar-refractivity contribution in [2.24, 2.45) is 0 Å². The number of aryl methyl sites for hydroxylation is 1. The third kappa shape index (κ3) is 3.12. The standard InChI is InChI=1S/C22H20F3N3O2S/c1-2-13-11-15(7-8-17(13)29)28-20(31)27(19(30)21(28)9-4-10-21)16-6-3-5-14(12-26)18(16)22(23,24)25/h3,5-8,11,20,29,31H,2,4,9-10H2,1H3. The number of thiol groups is 1. The summed E-state index contributed by atoms with van der Waals surface area (Å²) in [6.07, 6.45) is -2.52. The van der Waals surface area contributed by atoms with Crippen LogP contribution in [0, 0.1) is 11.3 Å². The number of carbonyl (C=O) groups excluding carboxylic acids is 1. The van der Waals surface area contributed by atoms with Crippen molar-refractivity contribution >= 4 is 29.9 Å². The molecule has 2 fully saturated rings. The Labute approximate surface area is 183 Å². The zero-order valence-electron chi connectivity index (χ0n) is 16.6. The van der Waals surface area contributed by atoms with E-state index >= 15 is 0 Å². The number of alkyl halides is 3. The van der Waals surface area contributed by atoms with Crippen molar-refractivity contribution in [1.29, 1.82) is 5.26 Å². The molecule has 0 bridgehead atoms. The Bertz CT molecular complexity index is 1090. The number of amides is 1. The van der Waals surface area contributed by atoms with Crippen LogP contribution in [0.3, 0.4) is 0 Å². The van der Waals surface area contributed by atoms with Gasteiger partial charge in [-0.2, -0.15) is 18.4 Å². The summed E-state index contributed by atoms with van der Waals surface area (Å²) in [6.45, 7) is 1.88. The summed E-state index contributed by atoms with van der Waals surface area (Å²) in [7, 11) is 0. The van der Waals surface area contributed by atoms with Gasteiger partial charge in [-0.25, -0.2) is 0 Å². The van der Waals surface area contributed by atoms with E-state index in [1.807, 2.05) is 6.92 Å². The van der Waals surface area contributed by atoms with E-state index in [9.17, 15) is 28.3 Å². The first-order valence-electron chi connectivity index (χ1n) is 9.89. The van der Waals surface area contributed by atoms with Gasteiger partial charge in [-0.1, -0.05) is 13.0 Å². The Morgan fingerprint density at radius 1 is 1.29 bits per heavy atom. The van der Waals surface area contributed by atoms with Gasteiger partial charge in [0.05, 0.1) is 22.9 Å². The number of phenols is 1. The number of aromatic hydroxyl groups is 1. The Morgan fingerprint density at radius 3 is 2.55 bits per heavy atom. The van der Waals surface area contributed by atoms with Crippen LogP contribution in [0.25, 0.3) is 0 Å². The van der Waals surface area contributed by atoms with E-state index < -0.39 is 34.2 Å². The molecule has 1 heterocycles. The first-order valence-corrected chi connectivity index (χ1v) is 10.4. The van der Waals surface area contributed by atoms with Gasteiger partial charge in [-0.15, -0.1) is 12.6 Å². The number of carbonyl (C=O) groups is 1. The normalized spacial score (nSPS) is 20.1. The van der Waals surface area contributed by atoms with Gasteiger partial charge >= 0.3 is 6.18 Å². The summed E-state index contributed by atoms with van der Waals surface area (Å²) < 4.78 is 41.7. The topological polar surface area (TPSA) is 67.6 Å². The van der Waals surface area contributed by atoms with Crippen LogP contribution in [0.5, 0.6) is 5.75 Å². The molecule has 2 aromatic rings. The zero-order valence-corrected chi connectivity index (χ0v) is 17.5. The molecule has 1 N–H and O–H groups in total. The van der Waals surface area contributed by atoms with E-state index in [0.29, 0.717) is 30.5 Å². The van der Waals surface area contributed by atoms with Crippen LogP contribution < -0.4 is 9.80 Å². The fraction of sp³-hybridized carbons (Fsp3) is 0.364. The lowest BCUT2D eigenvalue weighted by Gasteiger charge is -2.44. The van der Waals surface area contributed by atoms with Gasteiger partial charge in [0.1, 0.15) is 11.3 Å². The van der Waals surface area contributed by atoms with Crippen LogP contribution in [0.15, 0.2) is 36.4 Å². The van der Waals surface area contributed by atoms with Crippen molar-refractivity contribution in [3.05, 3.63) is 53.1 Å². The summed E-state index contributed by atoms with van der Waals surface area (Å²) in [6, 6.07) is 10.1. The molecule has 1 amide bonds. The molecule has 1 spiro atoms. The Kier molecular flexibility index (Phi) is 5.09. The smallest absolute Gasteiger partial charge is 0.419 e. The second-order valence-electron chi connectivity index (χ2n) is 7.75. The van der Waals surface area contributed by atoms with Crippen molar-refractivity contribution in [3.8, 4) is 11.8 Å². The molecule has 1 unspecified atom stereocenters. The summed E-state index contributed by atoms with van der Waals surface area (Å²) in [4.78, 5) is 16.3. The average molecular weight is 447 g/mol. The molecule has 1 aliphatic heterocycles. The second-order valence-corrected chi connectivity index (χ2v) is 8.21. The van der Waals surface area contributed by atoms with Crippen molar-refractivity contribution in [2.45, 2.75) is 49.8 Å². The minimum absolute atomic E-state index is 0.119. The minimum atomic E-state index is -4.82. The molecule has 9 heteroatoms. The van der Waals surface area contributed by atoms with Crippen LogP contribution in [0.2, 0.25) is 0 Å². The molecule has 0 aromatic heterocycles. The number of anilines is 2. The Balaban J connectivity index is 1.88. The second kappa shape index (κ2) is 7.38. The first kappa shape index (κ1) is 21.4. The van der Waals surface area contributed by atoms with Gasteiger partial charge in [-0.3, -0.25) is 9.69 Å². The molecule has 2 aromatic carbocycles. The van der Waals surface area contributed by atoms with E-state index in [4.69, 9.17) is 0 Å². The molecule has 0 radical (unpaired) electrons. The molecule has 162 valence electrons. The van der Waals surface area contributed by atoms with Gasteiger partial charge in [0, 0.05) is 5.69 Å². The number of nitriles is 1. The molecular weight excluding hydrogens is 427 g/mol. The highest BCUT2D eigenvalue weighted by Crippen LogP contribution is 2.52. The van der Waals surface area contributed by atoms with Crippen LogP contribution in [-0.2, 0) is 17.4 Å². The largest absolute Gasteiger partial charge is 0.508 e. The number of hydrogen-bond donors (Lipinski definition) is 2. The average Bonchev–Trinajstić information content (AvgIpc) is 2.94. The highest BCUT2D eigenvalue weighted by molar-refractivity contribution is 7.81. The zero-order chi connectivity index (χ0) is 22.6. The van der Waals surface area contributed by atoms with Crippen molar-refractivity contribution in [3.63, 3.8) is 0 Å². The predicted molar refractivity (Wildman–Crippen MR) is 113 cm³/mol. The highest BCUT2D eigenvalue weighted by Gasteiger charge is 2.61. The minimum Gasteiger partial charge on any atom is -0.508 e. The van der Waals surface area contributed by atoms with E-state index in [2.05, 4.69) is 12.6 Å². The molecule has 2 aliphatic rings. The maximum atomic E-state index is 13.9. The van der Waals surface area contributed by atoms with Gasteiger partial charge < -0.3 is 10.0 Å². The number of phenolic OH excluding ortho intramolecular Hbond substituents is 1.